The molecule has 1 aliphatic rings. The van der Waals surface area contributed by atoms with Gasteiger partial charge in [0.2, 0.25) is 5.95 Å². The van der Waals surface area contributed by atoms with Crippen LogP contribution in [0, 0.1) is 23.0 Å². The van der Waals surface area contributed by atoms with Crippen LogP contribution in [0.15, 0.2) is 18.2 Å². The molecule has 176 valence electrons. The Hall–Kier alpha value is -3.68. The van der Waals surface area contributed by atoms with E-state index in [2.05, 4.69) is 25.9 Å². The lowest BCUT2D eigenvalue weighted by Gasteiger charge is -2.33. The molecule has 1 aliphatic carbocycles. The van der Waals surface area contributed by atoms with E-state index in [0.29, 0.717) is 0 Å². The van der Waals surface area contributed by atoms with Crippen molar-refractivity contribution in [3.8, 4) is 6.07 Å². The summed E-state index contributed by atoms with van der Waals surface area (Å²) in [4.78, 5) is 20.7. The number of benzene rings is 1. The standard InChI is InChI=1S/C22H27F2N7O2/c1-22(2,3)33-21(32)29-17-7-5-4-6-16(17)28-20-30-18(26)15(11-25)19(31-20)27-14-9-12(23)8-13(24)10-14/h8-10,16-17H,4-7H2,1-3H3,(H,29,32)(H4,26,27,28,30,31)/t16-,17+/m0/s1. The van der Waals surface area contributed by atoms with Crippen molar-refractivity contribution in [2.24, 2.45) is 0 Å². The topological polar surface area (TPSA) is 138 Å². The number of alkyl carbamates (subject to hydrolysis) is 1. The van der Waals surface area contributed by atoms with Gasteiger partial charge in [0, 0.05) is 17.8 Å². The summed E-state index contributed by atoms with van der Waals surface area (Å²) in [7, 11) is 0. The molecule has 1 fully saturated rings. The van der Waals surface area contributed by atoms with Gasteiger partial charge in [-0.05, 0) is 45.7 Å². The van der Waals surface area contributed by atoms with Gasteiger partial charge in [-0.2, -0.15) is 15.2 Å². The molecule has 2 atom stereocenters. The van der Waals surface area contributed by atoms with Crippen molar-refractivity contribution < 1.29 is 18.3 Å². The van der Waals surface area contributed by atoms with Crippen molar-refractivity contribution in [1.82, 2.24) is 15.3 Å². The number of amides is 1. The van der Waals surface area contributed by atoms with Crippen molar-refractivity contribution in [3.05, 3.63) is 35.4 Å². The Balaban J connectivity index is 1.82. The molecule has 0 spiro atoms. The van der Waals surface area contributed by atoms with Gasteiger partial charge in [0.25, 0.3) is 0 Å². The molecule has 1 aromatic heterocycles. The average molecular weight is 460 g/mol. The van der Waals surface area contributed by atoms with E-state index >= 15 is 0 Å². The Labute approximate surface area is 190 Å². The number of hydrogen-bond donors (Lipinski definition) is 4. The van der Waals surface area contributed by atoms with Gasteiger partial charge in [-0.15, -0.1) is 0 Å². The number of nitriles is 1. The molecule has 5 N–H and O–H groups in total. The highest BCUT2D eigenvalue weighted by atomic mass is 19.1. The molecule has 1 aromatic carbocycles. The number of carbonyl (C=O) groups excluding carboxylic acids is 1. The normalized spacial score (nSPS) is 18.2. The third-order valence-corrected chi connectivity index (χ3v) is 4.96. The summed E-state index contributed by atoms with van der Waals surface area (Å²) < 4.78 is 32.5. The highest BCUT2D eigenvalue weighted by Crippen LogP contribution is 2.27. The Morgan fingerprint density at radius 1 is 1.15 bits per heavy atom. The van der Waals surface area contributed by atoms with Crippen molar-refractivity contribution in [2.45, 2.75) is 64.1 Å². The first-order chi connectivity index (χ1) is 15.5. The zero-order chi connectivity index (χ0) is 24.2. The molecule has 1 saturated carbocycles. The number of carbonyl (C=O) groups is 1. The summed E-state index contributed by atoms with van der Waals surface area (Å²) in [6.45, 7) is 5.36. The number of nitrogens with one attached hydrogen (secondary N) is 3. The van der Waals surface area contributed by atoms with Crippen LogP contribution in [0.2, 0.25) is 0 Å². The van der Waals surface area contributed by atoms with Gasteiger partial charge in [-0.3, -0.25) is 0 Å². The molecular weight excluding hydrogens is 432 g/mol. The zero-order valence-electron chi connectivity index (χ0n) is 18.7. The number of hydrogen-bond acceptors (Lipinski definition) is 8. The molecule has 0 saturated heterocycles. The summed E-state index contributed by atoms with van der Waals surface area (Å²) in [5.41, 5.74) is 5.33. The highest BCUT2D eigenvalue weighted by Gasteiger charge is 2.29. The lowest BCUT2D eigenvalue weighted by atomic mass is 9.90. The molecule has 3 rings (SSSR count). The quantitative estimate of drug-likeness (QED) is 0.522. The summed E-state index contributed by atoms with van der Waals surface area (Å²) >= 11 is 0. The second-order valence-corrected chi connectivity index (χ2v) is 8.84. The minimum atomic E-state index is -0.783. The first kappa shape index (κ1) is 24.0. The predicted octanol–water partition coefficient (Wildman–Crippen LogP) is 4.20. The fourth-order valence-corrected chi connectivity index (χ4v) is 3.61. The van der Waals surface area contributed by atoms with Crippen molar-refractivity contribution in [2.75, 3.05) is 16.4 Å². The van der Waals surface area contributed by atoms with Crippen LogP contribution in [0.5, 0.6) is 0 Å². The number of aromatic nitrogens is 2. The number of nitrogens with zero attached hydrogens (tertiary/aromatic N) is 3. The fourth-order valence-electron chi connectivity index (χ4n) is 3.61. The number of halogens is 2. The van der Waals surface area contributed by atoms with E-state index in [9.17, 15) is 18.8 Å². The molecular formula is C22H27F2N7O2. The molecule has 0 bridgehead atoms. The van der Waals surface area contributed by atoms with Crippen molar-refractivity contribution >= 4 is 29.4 Å². The number of nitrogens with two attached hydrogens (primary N) is 1. The summed E-state index contributed by atoms with van der Waals surface area (Å²) in [5.74, 6) is -1.54. The largest absolute Gasteiger partial charge is 0.444 e. The van der Waals surface area contributed by atoms with Crippen LogP contribution in [0.1, 0.15) is 52.0 Å². The minimum Gasteiger partial charge on any atom is -0.444 e. The maximum Gasteiger partial charge on any atom is 0.407 e. The summed E-state index contributed by atoms with van der Waals surface area (Å²) in [6, 6.07) is 4.32. The van der Waals surface area contributed by atoms with Gasteiger partial charge in [0.1, 0.15) is 34.7 Å². The molecule has 0 unspecified atom stereocenters. The van der Waals surface area contributed by atoms with E-state index in [0.717, 1.165) is 43.9 Å². The Morgan fingerprint density at radius 3 is 2.39 bits per heavy atom. The summed E-state index contributed by atoms with van der Waals surface area (Å²) in [5, 5.41) is 18.2. The van der Waals surface area contributed by atoms with Crippen LogP contribution in [0.3, 0.4) is 0 Å². The second-order valence-electron chi connectivity index (χ2n) is 8.84. The zero-order valence-corrected chi connectivity index (χ0v) is 18.7. The monoisotopic (exact) mass is 459 g/mol. The highest BCUT2D eigenvalue weighted by molar-refractivity contribution is 5.70. The van der Waals surface area contributed by atoms with Crippen LogP contribution in [0.4, 0.5) is 36.8 Å². The molecule has 9 nitrogen and oxygen atoms in total. The van der Waals surface area contributed by atoms with Crippen LogP contribution in [-0.2, 0) is 4.74 Å². The molecule has 33 heavy (non-hydrogen) atoms. The average Bonchev–Trinajstić information content (AvgIpc) is 2.67. The van der Waals surface area contributed by atoms with E-state index in [1.807, 2.05) is 6.07 Å². The number of rotatable bonds is 5. The Bertz CT molecular complexity index is 1050. The molecule has 0 radical (unpaired) electrons. The minimum absolute atomic E-state index is 0.00459. The lowest BCUT2D eigenvalue weighted by Crippen LogP contribution is -2.50. The third-order valence-electron chi connectivity index (χ3n) is 4.96. The third kappa shape index (κ3) is 6.65. The molecule has 1 heterocycles. The molecule has 11 heteroatoms. The molecule has 2 aromatic rings. The van der Waals surface area contributed by atoms with Crippen LogP contribution in [-0.4, -0.2) is 33.7 Å². The molecule has 1 amide bonds. The van der Waals surface area contributed by atoms with E-state index in [-0.39, 0.29) is 40.9 Å². The number of anilines is 4. The predicted molar refractivity (Wildman–Crippen MR) is 120 cm³/mol. The first-order valence-electron chi connectivity index (χ1n) is 10.6. The van der Waals surface area contributed by atoms with Crippen LogP contribution < -0.4 is 21.7 Å². The van der Waals surface area contributed by atoms with E-state index < -0.39 is 23.3 Å². The van der Waals surface area contributed by atoms with Crippen LogP contribution >= 0.6 is 0 Å². The van der Waals surface area contributed by atoms with E-state index in [1.165, 1.54) is 0 Å². The van der Waals surface area contributed by atoms with Crippen LogP contribution in [0.25, 0.3) is 0 Å². The van der Waals surface area contributed by atoms with Gasteiger partial charge in [-0.25, -0.2) is 13.6 Å². The van der Waals surface area contributed by atoms with Crippen molar-refractivity contribution in [3.63, 3.8) is 0 Å². The Morgan fingerprint density at radius 2 is 1.79 bits per heavy atom. The van der Waals surface area contributed by atoms with Gasteiger partial charge in [0.05, 0.1) is 6.04 Å². The smallest absolute Gasteiger partial charge is 0.407 e. The first-order valence-corrected chi connectivity index (χ1v) is 10.6. The SMILES string of the molecule is CC(C)(C)OC(=O)N[C@@H]1CCCC[C@@H]1Nc1nc(N)c(C#N)c(Nc2cc(F)cc(F)c2)n1. The van der Waals surface area contributed by atoms with Crippen molar-refractivity contribution in [1.29, 1.82) is 5.26 Å². The Kier molecular flexibility index (Phi) is 7.16. The van der Waals surface area contributed by atoms with Gasteiger partial charge in [0.15, 0.2) is 5.82 Å². The van der Waals surface area contributed by atoms with Gasteiger partial charge < -0.3 is 26.4 Å². The van der Waals surface area contributed by atoms with E-state index in [4.69, 9.17) is 10.5 Å². The lowest BCUT2D eigenvalue weighted by molar-refractivity contribution is 0.0488. The van der Waals surface area contributed by atoms with Gasteiger partial charge >= 0.3 is 6.09 Å². The number of nitrogen functional groups attached to an aromatic ring is 1. The maximum absolute atomic E-state index is 13.6. The maximum atomic E-state index is 13.6. The second kappa shape index (κ2) is 9.85. The molecule has 0 aliphatic heterocycles. The fraction of sp³-hybridized carbons (Fsp3) is 0.455. The van der Waals surface area contributed by atoms with E-state index in [1.54, 1.807) is 20.8 Å². The number of ether oxygens (including phenoxy) is 1. The summed E-state index contributed by atoms with van der Waals surface area (Å²) in [6.07, 6.45) is 2.83. The van der Waals surface area contributed by atoms with Gasteiger partial charge in [-0.1, -0.05) is 12.8 Å².